The number of likely N-dealkylation sites (tertiary alicyclic amines) is 2. The fourth-order valence-electron chi connectivity index (χ4n) is 4.86. The fourth-order valence-corrected chi connectivity index (χ4v) is 4.86. The van der Waals surface area contributed by atoms with Crippen molar-refractivity contribution >= 4 is 23.9 Å². The molecule has 2 fully saturated rings. The Morgan fingerprint density at radius 2 is 1.80 bits per heavy atom. The molecule has 11 nitrogen and oxygen atoms in total. The third-order valence-electron chi connectivity index (χ3n) is 6.43. The third-order valence-corrected chi connectivity index (χ3v) is 6.43. The topological polar surface area (TPSA) is 139 Å². The van der Waals surface area contributed by atoms with E-state index in [0.717, 1.165) is 25.7 Å². The van der Waals surface area contributed by atoms with Gasteiger partial charge in [0, 0.05) is 19.3 Å². The summed E-state index contributed by atoms with van der Waals surface area (Å²) in [5.74, 6) is -0.817. The molecule has 35 heavy (non-hydrogen) atoms. The lowest BCUT2D eigenvalue weighted by Gasteiger charge is -2.49. The number of aliphatic imine (C=N–C) groups is 1. The molecule has 188 valence electrons. The van der Waals surface area contributed by atoms with Gasteiger partial charge in [0.15, 0.2) is 0 Å². The van der Waals surface area contributed by atoms with Crippen LogP contribution in [0.4, 0.5) is 4.79 Å². The zero-order valence-corrected chi connectivity index (χ0v) is 20.7. The fraction of sp³-hybridized carbons (Fsp3) is 0.542. The minimum absolute atomic E-state index is 0.0864. The number of rotatable bonds is 2. The number of carbonyl (C=O) groups excluding carboxylic acids is 3. The molecular weight excluding hydrogens is 450 g/mol. The van der Waals surface area contributed by atoms with Crippen molar-refractivity contribution in [2.45, 2.75) is 71.1 Å². The average molecular weight is 484 g/mol. The van der Waals surface area contributed by atoms with E-state index in [4.69, 9.17) is 10.5 Å². The van der Waals surface area contributed by atoms with E-state index in [-0.39, 0.29) is 30.0 Å². The van der Waals surface area contributed by atoms with E-state index in [9.17, 15) is 14.4 Å². The molecule has 11 heteroatoms. The highest BCUT2D eigenvalue weighted by Gasteiger charge is 2.43. The first-order valence-electron chi connectivity index (χ1n) is 11.9. The Morgan fingerprint density at radius 1 is 1.14 bits per heavy atom. The predicted octanol–water partition coefficient (Wildman–Crippen LogP) is 2.53. The molecule has 2 aliphatic rings. The van der Waals surface area contributed by atoms with Crippen LogP contribution in [0.25, 0.3) is 0 Å². The summed E-state index contributed by atoms with van der Waals surface area (Å²) in [4.78, 5) is 49.0. The number of nitrogens with two attached hydrogens (primary N) is 1. The van der Waals surface area contributed by atoms with E-state index in [1.54, 1.807) is 30.2 Å². The monoisotopic (exact) mass is 483 g/mol. The SMILES string of the molecule is Cc1c(C(=O)N2CCCC3C2CCCN3C(=O)OC(C)(C)C)cnn1C(N)=NC(=O)c1ccc[nH]1. The first-order chi connectivity index (χ1) is 16.6. The Bertz CT molecular complexity index is 1130. The number of aromatic amines is 1. The van der Waals surface area contributed by atoms with Crippen molar-refractivity contribution in [1.82, 2.24) is 24.6 Å². The van der Waals surface area contributed by atoms with Gasteiger partial charge in [-0.25, -0.2) is 9.48 Å². The second-order valence-corrected chi connectivity index (χ2v) is 10.0. The van der Waals surface area contributed by atoms with E-state index < -0.39 is 11.5 Å². The molecule has 2 aromatic rings. The van der Waals surface area contributed by atoms with E-state index in [2.05, 4.69) is 15.1 Å². The maximum Gasteiger partial charge on any atom is 0.410 e. The summed E-state index contributed by atoms with van der Waals surface area (Å²) in [6.45, 7) is 8.49. The molecule has 2 saturated heterocycles. The molecule has 3 N–H and O–H groups in total. The molecule has 0 radical (unpaired) electrons. The van der Waals surface area contributed by atoms with Gasteiger partial charge in [0.05, 0.1) is 29.5 Å². The number of nitrogens with one attached hydrogen (secondary N) is 1. The zero-order valence-electron chi connectivity index (χ0n) is 20.7. The van der Waals surface area contributed by atoms with Crippen LogP contribution in [-0.4, -0.2) is 79.2 Å². The van der Waals surface area contributed by atoms with Gasteiger partial charge in [0.1, 0.15) is 11.3 Å². The van der Waals surface area contributed by atoms with Crippen LogP contribution in [0.2, 0.25) is 0 Å². The second-order valence-electron chi connectivity index (χ2n) is 10.0. The number of ether oxygens (including phenoxy) is 1. The number of hydrogen-bond acceptors (Lipinski definition) is 5. The van der Waals surface area contributed by atoms with Gasteiger partial charge in [-0.3, -0.25) is 9.59 Å². The number of hydrogen-bond donors (Lipinski definition) is 2. The van der Waals surface area contributed by atoms with Gasteiger partial charge in [0.2, 0.25) is 5.96 Å². The van der Waals surface area contributed by atoms with Crippen LogP contribution in [0.15, 0.2) is 29.5 Å². The first kappa shape index (κ1) is 24.5. The normalized spacial score (nSPS) is 21.0. The van der Waals surface area contributed by atoms with Gasteiger partial charge in [0.25, 0.3) is 11.8 Å². The van der Waals surface area contributed by atoms with E-state index in [1.165, 1.54) is 10.9 Å². The van der Waals surface area contributed by atoms with E-state index >= 15 is 0 Å². The average Bonchev–Trinajstić information content (AvgIpc) is 3.47. The van der Waals surface area contributed by atoms with Crippen molar-refractivity contribution in [1.29, 1.82) is 0 Å². The number of nitrogens with zero attached hydrogens (tertiary/aromatic N) is 5. The Balaban J connectivity index is 1.53. The minimum atomic E-state index is -0.580. The number of H-pyrrole nitrogens is 1. The van der Waals surface area contributed by atoms with Crippen LogP contribution in [0.3, 0.4) is 0 Å². The van der Waals surface area contributed by atoms with Crippen molar-refractivity contribution in [3.8, 4) is 0 Å². The summed E-state index contributed by atoms with van der Waals surface area (Å²) in [7, 11) is 0. The molecule has 4 heterocycles. The smallest absolute Gasteiger partial charge is 0.410 e. The molecule has 0 aromatic carbocycles. The molecule has 0 bridgehead atoms. The summed E-state index contributed by atoms with van der Waals surface area (Å²) in [5, 5.41) is 4.22. The first-order valence-corrected chi connectivity index (χ1v) is 11.9. The summed E-state index contributed by atoms with van der Waals surface area (Å²) in [5.41, 5.74) is 6.65. The Labute approximate surface area is 204 Å². The van der Waals surface area contributed by atoms with Gasteiger partial charge in [-0.2, -0.15) is 10.1 Å². The lowest BCUT2D eigenvalue weighted by atomic mass is 9.87. The second kappa shape index (κ2) is 9.55. The van der Waals surface area contributed by atoms with Gasteiger partial charge < -0.3 is 25.3 Å². The van der Waals surface area contributed by atoms with Gasteiger partial charge in [-0.15, -0.1) is 0 Å². The number of fused-ring (bicyclic) bond motifs is 1. The largest absolute Gasteiger partial charge is 0.444 e. The number of carbonyl (C=O) groups is 3. The van der Waals surface area contributed by atoms with Gasteiger partial charge in [-0.1, -0.05) is 0 Å². The minimum Gasteiger partial charge on any atom is -0.444 e. The van der Waals surface area contributed by atoms with Crippen molar-refractivity contribution in [3.05, 3.63) is 41.5 Å². The maximum atomic E-state index is 13.6. The third kappa shape index (κ3) is 5.08. The van der Waals surface area contributed by atoms with Crippen LogP contribution in [-0.2, 0) is 4.74 Å². The van der Waals surface area contributed by atoms with Crippen molar-refractivity contribution in [2.75, 3.05) is 13.1 Å². The van der Waals surface area contributed by atoms with Crippen molar-refractivity contribution in [2.24, 2.45) is 10.7 Å². The Hall–Kier alpha value is -3.63. The molecule has 0 aliphatic carbocycles. The zero-order chi connectivity index (χ0) is 25.3. The highest BCUT2D eigenvalue weighted by Crippen LogP contribution is 2.32. The van der Waals surface area contributed by atoms with Crippen molar-refractivity contribution in [3.63, 3.8) is 0 Å². The van der Waals surface area contributed by atoms with Crippen LogP contribution < -0.4 is 5.73 Å². The summed E-state index contributed by atoms with van der Waals surface area (Å²) in [6.07, 6.45) is 5.97. The van der Waals surface area contributed by atoms with Crippen LogP contribution in [0, 0.1) is 6.92 Å². The molecular formula is C24H33N7O4. The lowest BCUT2D eigenvalue weighted by Crippen LogP contribution is -2.61. The molecule has 4 rings (SSSR count). The molecule has 0 saturated carbocycles. The molecule has 2 atom stereocenters. The Morgan fingerprint density at radius 3 is 2.43 bits per heavy atom. The maximum absolute atomic E-state index is 13.6. The number of amides is 3. The lowest BCUT2D eigenvalue weighted by molar-refractivity contribution is -0.0205. The predicted molar refractivity (Wildman–Crippen MR) is 129 cm³/mol. The van der Waals surface area contributed by atoms with Gasteiger partial charge in [-0.05, 0) is 65.5 Å². The highest BCUT2D eigenvalue weighted by atomic mass is 16.6. The van der Waals surface area contributed by atoms with Crippen LogP contribution >= 0.6 is 0 Å². The Kier molecular flexibility index (Phi) is 6.68. The molecule has 2 unspecified atom stereocenters. The van der Waals surface area contributed by atoms with E-state index in [1.807, 2.05) is 25.7 Å². The van der Waals surface area contributed by atoms with E-state index in [0.29, 0.717) is 30.0 Å². The summed E-state index contributed by atoms with van der Waals surface area (Å²) >= 11 is 0. The number of aromatic nitrogens is 3. The number of piperidine rings is 2. The van der Waals surface area contributed by atoms with Crippen molar-refractivity contribution < 1.29 is 19.1 Å². The molecule has 2 aliphatic heterocycles. The van der Waals surface area contributed by atoms with Crippen LogP contribution in [0.5, 0.6) is 0 Å². The molecule has 2 aromatic heterocycles. The summed E-state index contributed by atoms with van der Waals surface area (Å²) in [6, 6.07) is 3.11. The standard InChI is InChI=1S/C24H33N7O4/c1-15-16(14-27-31(15)22(25)28-20(32)17-8-5-11-26-17)21(33)29-12-6-10-19-18(29)9-7-13-30(19)23(34)35-24(2,3)4/h5,8,11,14,18-19,26H,6-7,9-10,12-13H2,1-4H3,(H2,25,28,32). The van der Waals surface area contributed by atoms with Crippen LogP contribution in [0.1, 0.15) is 73.0 Å². The van der Waals surface area contributed by atoms with Gasteiger partial charge >= 0.3 is 6.09 Å². The molecule has 0 spiro atoms. The highest BCUT2D eigenvalue weighted by molar-refractivity contribution is 6.02. The molecule has 3 amide bonds. The summed E-state index contributed by atoms with van der Waals surface area (Å²) < 4.78 is 6.92. The quantitative estimate of drug-likeness (QED) is 0.497.